The molecule has 0 saturated heterocycles. The highest BCUT2D eigenvalue weighted by molar-refractivity contribution is 9.11. The van der Waals surface area contributed by atoms with Crippen molar-refractivity contribution in [3.8, 4) is 0 Å². The average Bonchev–Trinajstić information content (AvgIpc) is 2.26. The molecule has 0 aliphatic rings. The molecule has 0 amide bonds. The van der Waals surface area contributed by atoms with Gasteiger partial charge in [-0.3, -0.25) is 4.79 Å². The van der Waals surface area contributed by atoms with E-state index in [9.17, 15) is 9.90 Å². The van der Waals surface area contributed by atoms with Crippen LogP contribution in [-0.4, -0.2) is 40.5 Å². The van der Waals surface area contributed by atoms with Gasteiger partial charge >= 0.3 is 5.97 Å². The van der Waals surface area contributed by atoms with E-state index in [2.05, 4.69) is 37.2 Å². The molecule has 0 radical (unpaired) electrons. The average molecular weight is 383 g/mol. The Bertz CT molecular complexity index is 416. The standard InChI is InChI=1S/C11H13Br2NO4/c12-8-1-6(3-10(17)18)2-9(13)11(8)14-4-7(16)5-15/h1-2,7,14-16H,3-5H2,(H,17,18). The number of carboxylic acids is 1. The van der Waals surface area contributed by atoms with E-state index in [0.29, 0.717) is 20.2 Å². The van der Waals surface area contributed by atoms with Gasteiger partial charge in [0, 0.05) is 15.5 Å². The Morgan fingerprint density at radius 2 is 1.89 bits per heavy atom. The Morgan fingerprint density at radius 1 is 1.33 bits per heavy atom. The van der Waals surface area contributed by atoms with Crippen molar-refractivity contribution in [2.75, 3.05) is 18.5 Å². The summed E-state index contributed by atoms with van der Waals surface area (Å²) >= 11 is 6.66. The van der Waals surface area contributed by atoms with E-state index in [4.69, 9.17) is 10.2 Å². The molecule has 1 unspecified atom stereocenters. The lowest BCUT2D eigenvalue weighted by atomic mass is 10.1. The Kier molecular flexibility index (Phi) is 6.07. The van der Waals surface area contributed by atoms with Crippen molar-refractivity contribution in [2.45, 2.75) is 12.5 Å². The number of rotatable bonds is 6. The smallest absolute Gasteiger partial charge is 0.307 e. The zero-order valence-corrected chi connectivity index (χ0v) is 12.5. The van der Waals surface area contributed by atoms with Gasteiger partial charge in [-0.25, -0.2) is 0 Å². The van der Waals surface area contributed by atoms with Crippen molar-refractivity contribution in [3.05, 3.63) is 26.6 Å². The molecule has 1 atom stereocenters. The van der Waals surface area contributed by atoms with Crippen LogP contribution in [0.2, 0.25) is 0 Å². The molecule has 1 aromatic rings. The fourth-order valence-electron chi connectivity index (χ4n) is 1.36. The van der Waals surface area contributed by atoms with Crippen molar-refractivity contribution in [1.29, 1.82) is 0 Å². The first-order valence-electron chi connectivity index (χ1n) is 5.16. The minimum absolute atomic E-state index is 0.0588. The normalized spacial score (nSPS) is 12.2. The highest BCUT2D eigenvalue weighted by Gasteiger charge is 2.11. The van der Waals surface area contributed by atoms with Crippen molar-refractivity contribution in [3.63, 3.8) is 0 Å². The van der Waals surface area contributed by atoms with Crippen LogP contribution in [0.15, 0.2) is 21.1 Å². The van der Waals surface area contributed by atoms with E-state index < -0.39 is 12.1 Å². The SMILES string of the molecule is O=C(O)Cc1cc(Br)c(NCC(O)CO)c(Br)c1. The molecule has 0 spiro atoms. The Morgan fingerprint density at radius 3 is 2.33 bits per heavy atom. The Hall–Kier alpha value is -0.630. The second-order valence-corrected chi connectivity index (χ2v) is 5.43. The van der Waals surface area contributed by atoms with Gasteiger partial charge in [-0.1, -0.05) is 0 Å². The predicted molar refractivity (Wildman–Crippen MR) is 74.8 cm³/mol. The molecule has 0 heterocycles. The molecule has 0 aliphatic heterocycles. The van der Waals surface area contributed by atoms with Gasteiger partial charge in [0.25, 0.3) is 0 Å². The van der Waals surface area contributed by atoms with Crippen LogP contribution in [0.5, 0.6) is 0 Å². The first-order valence-corrected chi connectivity index (χ1v) is 6.75. The zero-order valence-electron chi connectivity index (χ0n) is 9.36. The molecule has 0 bridgehead atoms. The number of aliphatic hydroxyl groups is 2. The maximum Gasteiger partial charge on any atom is 0.307 e. The minimum Gasteiger partial charge on any atom is -0.481 e. The second kappa shape index (κ2) is 7.08. The number of aliphatic carboxylic acids is 1. The first kappa shape index (κ1) is 15.4. The van der Waals surface area contributed by atoms with Gasteiger partial charge in [0.1, 0.15) is 0 Å². The van der Waals surface area contributed by atoms with Crippen LogP contribution in [0, 0.1) is 0 Å². The van der Waals surface area contributed by atoms with E-state index in [1.807, 2.05) is 0 Å². The van der Waals surface area contributed by atoms with E-state index >= 15 is 0 Å². The van der Waals surface area contributed by atoms with E-state index in [0.717, 1.165) is 0 Å². The summed E-state index contributed by atoms with van der Waals surface area (Å²) in [6, 6.07) is 3.40. The molecule has 0 fully saturated rings. The molecule has 4 N–H and O–H groups in total. The number of carboxylic acid groups (broad SMARTS) is 1. The molecule has 0 aromatic heterocycles. The number of benzene rings is 1. The van der Waals surface area contributed by atoms with Crippen LogP contribution < -0.4 is 5.32 Å². The predicted octanol–water partition coefficient (Wildman–Crippen LogP) is 1.60. The van der Waals surface area contributed by atoms with Crippen molar-refractivity contribution < 1.29 is 20.1 Å². The summed E-state index contributed by atoms with van der Waals surface area (Å²) in [6.45, 7) is -0.120. The maximum absolute atomic E-state index is 10.6. The van der Waals surface area contributed by atoms with Crippen LogP contribution in [0.25, 0.3) is 0 Å². The molecular weight excluding hydrogens is 370 g/mol. The molecule has 1 aromatic carbocycles. The maximum atomic E-state index is 10.6. The first-order chi connectivity index (χ1) is 8.43. The summed E-state index contributed by atoms with van der Waals surface area (Å²) in [4.78, 5) is 10.6. The lowest BCUT2D eigenvalue weighted by Gasteiger charge is -2.14. The molecule has 18 heavy (non-hydrogen) atoms. The third-order valence-corrected chi connectivity index (χ3v) is 3.43. The van der Waals surface area contributed by atoms with Crippen LogP contribution >= 0.6 is 31.9 Å². The summed E-state index contributed by atoms with van der Waals surface area (Å²) in [5.41, 5.74) is 1.37. The summed E-state index contributed by atoms with van der Waals surface area (Å²) in [6.07, 6.45) is -0.904. The third kappa shape index (κ3) is 4.56. The zero-order chi connectivity index (χ0) is 13.7. The van der Waals surface area contributed by atoms with Gasteiger partial charge in [-0.05, 0) is 49.6 Å². The topological polar surface area (TPSA) is 89.8 Å². The molecule has 100 valence electrons. The number of hydrogen-bond donors (Lipinski definition) is 4. The molecular formula is C11H13Br2NO4. The number of hydrogen-bond acceptors (Lipinski definition) is 4. The quantitative estimate of drug-likeness (QED) is 0.600. The molecule has 7 heteroatoms. The van der Waals surface area contributed by atoms with Crippen LogP contribution in [0.4, 0.5) is 5.69 Å². The largest absolute Gasteiger partial charge is 0.481 e. The summed E-state index contributed by atoms with van der Waals surface area (Å²) < 4.78 is 1.39. The van der Waals surface area contributed by atoms with Crippen molar-refractivity contribution in [1.82, 2.24) is 0 Å². The highest BCUT2D eigenvalue weighted by atomic mass is 79.9. The Labute approximate surface area is 121 Å². The molecule has 0 aliphatic carbocycles. The van der Waals surface area contributed by atoms with Gasteiger partial charge in [0.05, 0.1) is 24.8 Å². The fraction of sp³-hybridized carbons (Fsp3) is 0.364. The monoisotopic (exact) mass is 381 g/mol. The second-order valence-electron chi connectivity index (χ2n) is 3.72. The number of aliphatic hydroxyl groups excluding tert-OH is 2. The van der Waals surface area contributed by atoms with Crippen molar-refractivity contribution >= 4 is 43.5 Å². The van der Waals surface area contributed by atoms with E-state index in [-0.39, 0.29) is 19.6 Å². The van der Waals surface area contributed by atoms with Gasteiger partial charge in [0.2, 0.25) is 0 Å². The van der Waals surface area contributed by atoms with Crippen LogP contribution in [0.3, 0.4) is 0 Å². The molecule has 0 saturated carbocycles. The van der Waals surface area contributed by atoms with E-state index in [1.165, 1.54) is 0 Å². The fourth-order valence-corrected chi connectivity index (χ4v) is 2.92. The summed E-state index contributed by atoms with van der Waals surface area (Å²) in [7, 11) is 0. The van der Waals surface area contributed by atoms with Gasteiger partial charge in [0.15, 0.2) is 0 Å². The molecule has 5 nitrogen and oxygen atoms in total. The van der Waals surface area contributed by atoms with Crippen LogP contribution in [-0.2, 0) is 11.2 Å². The lowest BCUT2D eigenvalue weighted by molar-refractivity contribution is -0.136. The van der Waals surface area contributed by atoms with Gasteiger partial charge < -0.3 is 20.6 Å². The van der Waals surface area contributed by atoms with Gasteiger partial charge in [-0.15, -0.1) is 0 Å². The summed E-state index contributed by atoms with van der Waals surface area (Å²) in [5, 5.41) is 29.6. The Balaban J connectivity index is 2.84. The number of nitrogens with one attached hydrogen (secondary N) is 1. The lowest BCUT2D eigenvalue weighted by Crippen LogP contribution is -2.23. The van der Waals surface area contributed by atoms with E-state index in [1.54, 1.807) is 12.1 Å². The van der Waals surface area contributed by atoms with Crippen LogP contribution in [0.1, 0.15) is 5.56 Å². The number of halogens is 2. The van der Waals surface area contributed by atoms with Crippen molar-refractivity contribution in [2.24, 2.45) is 0 Å². The third-order valence-electron chi connectivity index (χ3n) is 2.18. The summed E-state index contributed by atoms with van der Waals surface area (Å²) in [5.74, 6) is -0.898. The highest BCUT2D eigenvalue weighted by Crippen LogP contribution is 2.32. The van der Waals surface area contributed by atoms with Gasteiger partial charge in [-0.2, -0.15) is 0 Å². The minimum atomic E-state index is -0.898. The number of anilines is 1. The molecule has 1 rings (SSSR count). The number of carbonyl (C=O) groups is 1.